The number of methoxy groups -OCH3 is 2. The molecule has 5 nitrogen and oxygen atoms in total. The smallest absolute Gasteiger partial charge is 0.497 e. The standard InChI is InChI=1S/C13H16O5/c1-9(4-5-18-13(14)15)10-6-11(16-2)8-12(7-10)17-3/h4,6-8H,5H2,1-3H3,(H,14,15). The molecule has 98 valence electrons. The Morgan fingerprint density at radius 3 is 2.22 bits per heavy atom. The monoisotopic (exact) mass is 252 g/mol. The first-order chi connectivity index (χ1) is 8.56. The molecule has 0 aliphatic carbocycles. The van der Waals surface area contributed by atoms with Gasteiger partial charge < -0.3 is 19.3 Å². The van der Waals surface area contributed by atoms with Crippen LogP contribution in [0.2, 0.25) is 0 Å². The number of rotatable bonds is 5. The van der Waals surface area contributed by atoms with Crippen LogP contribution in [0, 0.1) is 0 Å². The van der Waals surface area contributed by atoms with Crippen LogP contribution in [-0.2, 0) is 4.74 Å². The Balaban J connectivity index is 2.89. The maximum Gasteiger partial charge on any atom is 0.506 e. The van der Waals surface area contributed by atoms with Crippen molar-refractivity contribution in [3.05, 3.63) is 29.8 Å². The molecule has 0 aromatic heterocycles. The van der Waals surface area contributed by atoms with Crippen LogP contribution < -0.4 is 9.47 Å². The Bertz CT molecular complexity index is 428. The summed E-state index contributed by atoms with van der Waals surface area (Å²) in [6, 6.07) is 5.45. The van der Waals surface area contributed by atoms with Gasteiger partial charge in [0.05, 0.1) is 14.2 Å². The van der Waals surface area contributed by atoms with Gasteiger partial charge in [-0.1, -0.05) is 0 Å². The van der Waals surface area contributed by atoms with Crippen LogP contribution in [0.1, 0.15) is 12.5 Å². The molecule has 0 fully saturated rings. The lowest BCUT2D eigenvalue weighted by Crippen LogP contribution is -1.99. The van der Waals surface area contributed by atoms with Gasteiger partial charge in [0.2, 0.25) is 0 Å². The summed E-state index contributed by atoms with van der Waals surface area (Å²) in [7, 11) is 3.15. The van der Waals surface area contributed by atoms with Crippen molar-refractivity contribution in [3.8, 4) is 11.5 Å². The third kappa shape index (κ3) is 4.01. The van der Waals surface area contributed by atoms with E-state index in [1.807, 2.05) is 19.1 Å². The number of allylic oxidation sites excluding steroid dienone is 1. The fourth-order valence-electron chi connectivity index (χ4n) is 1.39. The average Bonchev–Trinajstić information content (AvgIpc) is 2.37. The summed E-state index contributed by atoms with van der Waals surface area (Å²) in [5, 5.41) is 8.37. The summed E-state index contributed by atoms with van der Waals surface area (Å²) in [6.45, 7) is 1.88. The van der Waals surface area contributed by atoms with Gasteiger partial charge in [-0.15, -0.1) is 0 Å². The molecule has 0 spiro atoms. The van der Waals surface area contributed by atoms with Crippen LogP contribution in [-0.4, -0.2) is 32.1 Å². The lowest BCUT2D eigenvalue weighted by atomic mass is 10.1. The summed E-state index contributed by atoms with van der Waals surface area (Å²) in [4.78, 5) is 10.2. The van der Waals surface area contributed by atoms with Crippen LogP contribution in [0.5, 0.6) is 11.5 Å². The van der Waals surface area contributed by atoms with Crippen LogP contribution in [0.3, 0.4) is 0 Å². The van der Waals surface area contributed by atoms with Crippen molar-refractivity contribution >= 4 is 11.7 Å². The predicted molar refractivity (Wildman–Crippen MR) is 67.2 cm³/mol. The van der Waals surface area contributed by atoms with Crippen LogP contribution in [0.25, 0.3) is 5.57 Å². The lowest BCUT2D eigenvalue weighted by molar-refractivity contribution is 0.102. The zero-order valence-electron chi connectivity index (χ0n) is 10.6. The summed E-state index contributed by atoms with van der Waals surface area (Å²) < 4.78 is 14.7. The van der Waals surface area contributed by atoms with Gasteiger partial charge in [0.15, 0.2) is 0 Å². The highest BCUT2D eigenvalue weighted by atomic mass is 16.7. The minimum Gasteiger partial charge on any atom is -0.497 e. The molecule has 0 radical (unpaired) electrons. The van der Waals surface area contributed by atoms with E-state index < -0.39 is 6.16 Å². The normalized spacial score (nSPS) is 10.9. The van der Waals surface area contributed by atoms with E-state index in [1.165, 1.54) is 0 Å². The summed E-state index contributed by atoms with van der Waals surface area (Å²) in [6.07, 6.45) is 0.393. The Morgan fingerprint density at radius 1 is 1.22 bits per heavy atom. The molecule has 1 aromatic carbocycles. The molecule has 0 aliphatic rings. The molecule has 1 aromatic rings. The van der Waals surface area contributed by atoms with Crippen molar-refractivity contribution in [2.24, 2.45) is 0 Å². The molecule has 0 saturated heterocycles. The molecule has 18 heavy (non-hydrogen) atoms. The number of ether oxygens (including phenoxy) is 3. The maximum absolute atomic E-state index is 10.2. The van der Waals surface area contributed by atoms with E-state index in [0.717, 1.165) is 11.1 Å². The first-order valence-corrected chi connectivity index (χ1v) is 5.32. The lowest BCUT2D eigenvalue weighted by Gasteiger charge is -2.08. The summed E-state index contributed by atoms with van der Waals surface area (Å²) in [5.74, 6) is 1.35. The Kier molecular flexibility index (Phi) is 5.05. The van der Waals surface area contributed by atoms with Crippen molar-refractivity contribution in [1.82, 2.24) is 0 Å². The highest BCUT2D eigenvalue weighted by Gasteiger charge is 2.03. The minimum absolute atomic E-state index is 0.0146. The minimum atomic E-state index is -1.29. The topological polar surface area (TPSA) is 65.0 Å². The van der Waals surface area contributed by atoms with Crippen molar-refractivity contribution in [1.29, 1.82) is 0 Å². The van der Waals surface area contributed by atoms with E-state index in [2.05, 4.69) is 4.74 Å². The molecule has 0 bridgehead atoms. The predicted octanol–water partition coefficient (Wildman–Crippen LogP) is 2.80. The van der Waals surface area contributed by atoms with Crippen molar-refractivity contribution < 1.29 is 24.1 Å². The largest absolute Gasteiger partial charge is 0.506 e. The average molecular weight is 252 g/mol. The van der Waals surface area contributed by atoms with Gasteiger partial charge in [0.1, 0.15) is 18.1 Å². The molecule has 1 rings (SSSR count). The molecular formula is C13H16O5. The Hall–Kier alpha value is -2.17. The highest BCUT2D eigenvalue weighted by Crippen LogP contribution is 2.26. The van der Waals surface area contributed by atoms with E-state index in [9.17, 15) is 4.79 Å². The molecule has 0 amide bonds. The van der Waals surface area contributed by atoms with Crippen molar-refractivity contribution in [3.63, 3.8) is 0 Å². The third-order valence-corrected chi connectivity index (χ3v) is 2.40. The quantitative estimate of drug-likeness (QED) is 0.816. The van der Waals surface area contributed by atoms with E-state index >= 15 is 0 Å². The SMILES string of the molecule is COc1cc(OC)cc(C(C)=CCOC(=O)O)c1. The second-order valence-corrected chi connectivity index (χ2v) is 3.57. The highest BCUT2D eigenvalue weighted by molar-refractivity contribution is 5.67. The maximum atomic E-state index is 10.2. The van der Waals surface area contributed by atoms with E-state index in [0.29, 0.717) is 11.5 Å². The number of hydrogen-bond donors (Lipinski definition) is 1. The molecule has 1 N–H and O–H groups in total. The first kappa shape index (κ1) is 13.9. The van der Waals surface area contributed by atoms with Crippen LogP contribution in [0.15, 0.2) is 24.3 Å². The Labute approximate surface area is 106 Å². The summed E-state index contributed by atoms with van der Waals surface area (Å²) in [5.41, 5.74) is 1.77. The second kappa shape index (κ2) is 6.54. The molecular weight excluding hydrogens is 236 g/mol. The van der Waals surface area contributed by atoms with Crippen LogP contribution >= 0.6 is 0 Å². The third-order valence-electron chi connectivity index (χ3n) is 2.40. The number of benzene rings is 1. The first-order valence-electron chi connectivity index (χ1n) is 5.32. The fourth-order valence-corrected chi connectivity index (χ4v) is 1.39. The van der Waals surface area contributed by atoms with Gasteiger partial charge in [-0.2, -0.15) is 0 Å². The number of carbonyl (C=O) groups is 1. The molecule has 5 heteroatoms. The van der Waals surface area contributed by atoms with E-state index in [1.54, 1.807) is 26.4 Å². The molecule has 0 heterocycles. The fraction of sp³-hybridized carbons (Fsp3) is 0.308. The van der Waals surface area contributed by atoms with Crippen molar-refractivity contribution in [2.75, 3.05) is 20.8 Å². The van der Waals surface area contributed by atoms with Gasteiger partial charge in [-0.25, -0.2) is 4.79 Å². The summed E-state index contributed by atoms with van der Waals surface area (Å²) >= 11 is 0. The van der Waals surface area contributed by atoms with Gasteiger partial charge in [-0.3, -0.25) is 0 Å². The zero-order chi connectivity index (χ0) is 13.5. The zero-order valence-corrected chi connectivity index (χ0v) is 10.6. The number of hydrogen-bond acceptors (Lipinski definition) is 4. The molecule has 0 saturated carbocycles. The van der Waals surface area contributed by atoms with Gasteiger partial charge in [0, 0.05) is 6.07 Å². The van der Waals surface area contributed by atoms with E-state index in [-0.39, 0.29) is 6.61 Å². The van der Waals surface area contributed by atoms with Crippen molar-refractivity contribution in [2.45, 2.75) is 6.92 Å². The molecule has 0 unspecified atom stereocenters. The molecule has 0 atom stereocenters. The van der Waals surface area contributed by atoms with E-state index in [4.69, 9.17) is 14.6 Å². The van der Waals surface area contributed by atoms with Gasteiger partial charge in [-0.05, 0) is 36.3 Å². The van der Waals surface area contributed by atoms with Gasteiger partial charge in [0.25, 0.3) is 0 Å². The molecule has 0 aliphatic heterocycles. The second-order valence-electron chi connectivity index (χ2n) is 3.57. The Morgan fingerprint density at radius 2 is 1.78 bits per heavy atom. The van der Waals surface area contributed by atoms with Crippen LogP contribution in [0.4, 0.5) is 4.79 Å². The number of carboxylic acid groups (broad SMARTS) is 1. The van der Waals surface area contributed by atoms with Gasteiger partial charge >= 0.3 is 6.16 Å².